The predicted molar refractivity (Wildman–Crippen MR) is 64.0 cm³/mol. The van der Waals surface area contributed by atoms with Crippen LogP contribution in [-0.2, 0) is 9.53 Å². The number of carbonyl (C=O) groups excluding carboxylic acids is 1. The number of methoxy groups -OCH3 is 1. The van der Waals surface area contributed by atoms with E-state index < -0.39 is 6.10 Å². The van der Waals surface area contributed by atoms with E-state index >= 15 is 0 Å². The topological polar surface area (TPSA) is 38.3 Å². The van der Waals surface area contributed by atoms with Gasteiger partial charge in [-0.15, -0.1) is 0 Å². The first-order chi connectivity index (χ1) is 7.65. The van der Waals surface area contributed by atoms with Gasteiger partial charge in [0.2, 0.25) is 0 Å². The molecular formula is C13H17NO2. The monoisotopic (exact) mass is 219 g/mol. The molecule has 0 aliphatic carbocycles. The molecule has 1 unspecified atom stereocenters. The largest absolute Gasteiger partial charge is 0.367 e. The van der Waals surface area contributed by atoms with Crippen molar-refractivity contribution in [1.29, 1.82) is 0 Å². The maximum Gasteiger partial charge on any atom is 0.254 e. The number of benzene rings is 1. The molecule has 1 amide bonds. The predicted octanol–water partition coefficient (Wildman–Crippen LogP) is 2.07. The van der Waals surface area contributed by atoms with Crippen LogP contribution in [0.1, 0.15) is 18.6 Å². The highest BCUT2D eigenvalue weighted by Gasteiger charge is 2.18. The lowest BCUT2D eigenvalue weighted by Gasteiger charge is -2.15. The smallest absolute Gasteiger partial charge is 0.254 e. The Morgan fingerprint density at radius 3 is 2.56 bits per heavy atom. The Bertz CT molecular complexity index is 359. The summed E-state index contributed by atoms with van der Waals surface area (Å²) in [6.45, 7) is 6.07. The van der Waals surface area contributed by atoms with Crippen molar-refractivity contribution in [2.45, 2.75) is 13.0 Å². The van der Waals surface area contributed by atoms with Gasteiger partial charge in [-0.3, -0.25) is 4.79 Å². The van der Waals surface area contributed by atoms with Crippen molar-refractivity contribution in [3.8, 4) is 0 Å². The van der Waals surface area contributed by atoms with Gasteiger partial charge in [-0.1, -0.05) is 42.5 Å². The standard InChI is InChI=1S/C13H17NO2/c1-10(2)9-14-13(15)12(16-3)11-7-5-4-6-8-11/h4-8,12H,1,9H2,2-3H3,(H,14,15). The van der Waals surface area contributed by atoms with Crippen LogP contribution < -0.4 is 5.32 Å². The minimum absolute atomic E-state index is 0.142. The minimum atomic E-state index is -0.555. The fourth-order valence-electron chi connectivity index (χ4n) is 1.35. The van der Waals surface area contributed by atoms with Crippen molar-refractivity contribution in [2.75, 3.05) is 13.7 Å². The lowest BCUT2D eigenvalue weighted by Crippen LogP contribution is -2.31. The Balaban J connectivity index is 2.68. The molecule has 0 aliphatic rings. The molecule has 1 aromatic carbocycles. The number of carbonyl (C=O) groups is 1. The zero-order chi connectivity index (χ0) is 12.0. The number of hydrogen-bond donors (Lipinski definition) is 1. The third kappa shape index (κ3) is 3.51. The highest BCUT2D eigenvalue weighted by atomic mass is 16.5. The summed E-state index contributed by atoms with van der Waals surface area (Å²) in [6, 6.07) is 9.41. The van der Waals surface area contributed by atoms with Crippen LogP contribution in [0.4, 0.5) is 0 Å². The van der Waals surface area contributed by atoms with E-state index in [1.807, 2.05) is 37.3 Å². The first-order valence-electron chi connectivity index (χ1n) is 5.15. The van der Waals surface area contributed by atoms with E-state index in [4.69, 9.17) is 4.74 Å². The van der Waals surface area contributed by atoms with Crippen LogP contribution in [0.15, 0.2) is 42.5 Å². The molecule has 1 N–H and O–H groups in total. The molecule has 0 saturated carbocycles. The molecule has 1 atom stereocenters. The number of amides is 1. The van der Waals surface area contributed by atoms with E-state index in [0.29, 0.717) is 6.54 Å². The summed E-state index contributed by atoms with van der Waals surface area (Å²) in [5, 5.41) is 2.77. The Labute approximate surface area is 96.1 Å². The van der Waals surface area contributed by atoms with Gasteiger partial charge < -0.3 is 10.1 Å². The molecule has 0 aromatic heterocycles. The minimum Gasteiger partial charge on any atom is -0.367 e. The van der Waals surface area contributed by atoms with E-state index in [-0.39, 0.29) is 5.91 Å². The number of hydrogen-bond acceptors (Lipinski definition) is 2. The van der Waals surface area contributed by atoms with Gasteiger partial charge in [-0.2, -0.15) is 0 Å². The zero-order valence-corrected chi connectivity index (χ0v) is 9.69. The zero-order valence-electron chi connectivity index (χ0n) is 9.69. The first-order valence-corrected chi connectivity index (χ1v) is 5.15. The van der Waals surface area contributed by atoms with Crippen LogP contribution in [0, 0.1) is 0 Å². The van der Waals surface area contributed by atoms with Crippen LogP contribution >= 0.6 is 0 Å². The Kier molecular flexibility index (Phi) is 4.73. The third-order valence-electron chi connectivity index (χ3n) is 2.14. The third-order valence-corrected chi connectivity index (χ3v) is 2.14. The van der Waals surface area contributed by atoms with E-state index in [0.717, 1.165) is 11.1 Å². The maximum absolute atomic E-state index is 11.8. The summed E-state index contributed by atoms with van der Waals surface area (Å²) in [4.78, 5) is 11.8. The van der Waals surface area contributed by atoms with Crippen LogP contribution in [0.3, 0.4) is 0 Å². The van der Waals surface area contributed by atoms with Gasteiger partial charge in [0.1, 0.15) is 0 Å². The fourth-order valence-corrected chi connectivity index (χ4v) is 1.35. The summed E-state index contributed by atoms with van der Waals surface area (Å²) in [6.07, 6.45) is -0.555. The Morgan fingerprint density at radius 2 is 2.06 bits per heavy atom. The molecule has 1 rings (SSSR count). The van der Waals surface area contributed by atoms with Gasteiger partial charge in [0.15, 0.2) is 6.10 Å². The van der Waals surface area contributed by atoms with Gasteiger partial charge in [0, 0.05) is 13.7 Å². The van der Waals surface area contributed by atoms with Crippen molar-refractivity contribution in [1.82, 2.24) is 5.32 Å². The summed E-state index contributed by atoms with van der Waals surface area (Å²) in [7, 11) is 1.53. The molecule has 86 valence electrons. The number of rotatable bonds is 5. The van der Waals surface area contributed by atoms with Crippen molar-refractivity contribution >= 4 is 5.91 Å². The average molecular weight is 219 g/mol. The first kappa shape index (κ1) is 12.5. The van der Waals surface area contributed by atoms with Gasteiger partial charge in [0.05, 0.1) is 0 Å². The normalized spacial score (nSPS) is 11.9. The number of nitrogens with one attached hydrogen (secondary N) is 1. The highest BCUT2D eigenvalue weighted by Crippen LogP contribution is 2.15. The molecule has 3 nitrogen and oxygen atoms in total. The lowest BCUT2D eigenvalue weighted by atomic mass is 10.1. The number of ether oxygens (including phenoxy) is 1. The quantitative estimate of drug-likeness (QED) is 0.770. The van der Waals surface area contributed by atoms with Crippen LogP contribution in [0.25, 0.3) is 0 Å². The summed E-state index contributed by atoms with van der Waals surface area (Å²) >= 11 is 0. The Morgan fingerprint density at radius 1 is 1.44 bits per heavy atom. The highest BCUT2D eigenvalue weighted by molar-refractivity contribution is 5.82. The van der Waals surface area contributed by atoms with E-state index in [1.165, 1.54) is 7.11 Å². The second-order valence-electron chi connectivity index (χ2n) is 3.70. The molecular weight excluding hydrogens is 202 g/mol. The van der Waals surface area contributed by atoms with Crippen molar-refractivity contribution in [2.24, 2.45) is 0 Å². The van der Waals surface area contributed by atoms with Crippen molar-refractivity contribution in [3.05, 3.63) is 48.0 Å². The molecule has 0 aliphatic heterocycles. The molecule has 0 radical (unpaired) electrons. The SMILES string of the molecule is C=C(C)CNC(=O)C(OC)c1ccccc1. The lowest BCUT2D eigenvalue weighted by molar-refractivity contribution is -0.131. The van der Waals surface area contributed by atoms with Gasteiger partial charge in [0.25, 0.3) is 5.91 Å². The molecule has 0 spiro atoms. The van der Waals surface area contributed by atoms with Gasteiger partial charge >= 0.3 is 0 Å². The summed E-state index contributed by atoms with van der Waals surface area (Å²) in [5.74, 6) is -0.142. The van der Waals surface area contributed by atoms with Crippen molar-refractivity contribution < 1.29 is 9.53 Å². The van der Waals surface area contributed by atoms with E-state index in [2.05, 4.69) is 11.9 Å². The van der Waals surface area contributed by atoms with Gasteiger partial charge in [-0.05, 0) is 12.5 Å². The van der Waals surface area contributed by atoms with Crippen LogP contribution in [-0.4, -0.2) is 19.6 Å². The summed E-state index contributed by atoms with van der Waals surface area (Å²) < 4.78 is 5.19. The fraction of sp³-hybridized carbons (Fsp3) is 0.308. The summed E-state index contributed by atoms with van der Waals surface area (Å²) in [5.41, 5.74) is 1.76. The molecule has 0 heterocycles. The van der Waals surface area contributed by atoms with Crippen molar-refractivity contribution in [3.63, 3.8) is 0 Å². The van der Waals surface area contributed by atoms with Gasteiger partial charge in [-0.25, -0.2) is 0 Å². The molecule has 0 fully saturated rings. The van der Waals surface area contributed by atoms with Crippen LogP contribution in [0.2, 0.25) is 0 Å². The Hall–Kier alpha value is -1.61. The second-order valence-corrected chi connectivity index (χ2v) is 3.70. The molecule has 0 bridgehead atoms. The van der Waals surface area contributed by atoms with E-state index in [9.17, 15) is 4.79 Å². The molecule has 16 heavy (non-hydrogen) atoms. The maximum atomic E-state index is 11.8. The average Bonchev–Trinajstić information content (AvgIpc) is 2.29. The van der Waals surface area contributed by atoms with Crippen LogP contribution in [0.5, 0.6) is 0 Å². The molecule has 0 saturated heterocycles. The molecule has 3 heteroatoms. The van der Waals surface area contributed by atoms with E-state index in [1.54, 1.807) is 0 Å². The second kappa shape index (κ2) is 6.08. The molecule has 1 aromatic rings.